The minimum Gasteiger partial charge on any atom is -0.302 e. The van der Waals surface area contributed by atoms with E-state index in [9.17, 15) is 13.6 Å². The van der Waals surface area contributed by atoms with Crippen LogP contribution < -0.4 is 0 Å². The second-order valence-corrected chi connectivity index (χ2v) is 8.54. The van der Waals surface area contributed by atoms with Crippen LogP contribution in [-0.4, -0.2) is 13.9 Å². The zero-order valence-electron chi connectivity index (χ0n) is 11.0. The van der Waals surface area contributed by atoms with E-state index >= 15 is 0 Å². The third-order valence-electron chi connectivity index (χ3n) is 3.92. The molecule has 1 fully saturated rings. The summed E-state index contributed by atoms with van der Waals surface area (Å²) in [6.07, 6.45) is 5.63. The van der Waals surface area contributed by atoms with Crippen molar-refractivity contribution in [3.05, 3.63) is 29.8 Å². The minimum absolute atomic E-state index is 0.146. The Morgan fingerprint density at radius 2 is 1.90 bits per heavy atom. The van der Waals surface area contributed by atoms with Crippen molar-refractivity contribution >= 4 is 37.7 Å². The summed E-state index contributed by atoms with van der Waals surface area (Å²) in [7, 11) is -3.36. The number of thiol groups is 1. The second kappa shape index (κ2) is 6.56. The Labute approximate surface area is 130 Å². The lowest BCUT2D eigenvalue weighted by atomic mass is 9.89. The topological polar surface area (TPSA) is 54.4 Å². The molecule has 2 unspecified atom stereocenters. The third-order valence-corrected chi connectivity index (χ3v) is 5.68. The molecule has 0 spiro atoms. The van der Waals surface area contributed by atoms with E-state index in [1.165, 1.54) is 37.8 Å². The van der Waals surface area contributed by atoms with Crippen molar-refractivity contribution < 1.29 is 13.6 Å². The Kier molecular flexibility index (Phi) is 5.23. The Hall–Kier alpha value is -0.430. The Balaban J connectivity index is 2.19. The average Bonchev–Trinajstić information content (AvgIpc) is 2.87. The summed E-state index contributed by atoms with van der Waals surface area (Å²) in [5, 5.41) is -0.146. The normalized spacial score (nSPS) is 20.5. The van der Waals surface area contributed by atoms with Gasteiger partial charge in [-0.2, -0.15) is 0 Å². The molecule has 0 heterocycles. The Morgan fingerprint density at radius 3 is 2.35 bits per heavy atom. The average molecular weight is 330 g/mol. The van der Waals surface area contributed by atoms with Gasteiger partial charge in [0.05, 0.1) is 10.8 Å². The first kappa shape index (κ1) is 15.9. The van der Waals surface area contributed by atoms with Crippen molar-refractivity contribution in [2.45, 2.75) is 42.9 Å². The molecule has 0 aliphatic heterocycles. The molecule has 0 bridgehead atoms. The molecule has 1 aromatic rings. The zero-order chi connectivity index (χ0) is 14.8. The summed E-state index contributed by atoms with van der Waals surface area (Å²) in [5.74, 6) is 0.340. The van der Waals surface area contributed by atoms with Gasteiger partial charge < -0.3 is 4.55 Å². The molecule has 1 aliphatic carbocycles. The maximum absolute atomic E-state index is 11.8. The minimum atomic E-state index is -3.36. The predicted octanol–water partition coefficient (Wildman–Crippen LogP) is 3.39. The van der Waals surface area contributed by atoms with Crippen molar-refractivity contribution in [2.75, 3.05) is 0 Å². The fourth-order valence-electron chi connectivity index (χ4n) is 2.83. The first-order chi connectivity index (χ1) is 9.38. The van der Waals surface area contributed by atoms with Gasteiger partial charge in [-0.3, -0.25) is 4.79 Å². The molecule has 2 rings (SSSR count). The highest BCUT2D eigenvalue weighted by molar-refractivity contribution is 8.29. The number of hydrogen-bond donors (Lipinski definition) is 2. The number of rotatable bonds is 5. The fraction of sp³-hybridized carbons (Fsp3) is 0.500. The van der Waals surface area contributed by atoms with Gasteiger partial charge in [0.2, 0.25) is 0 Å². The highest BCUT2D eigenvalue weighted by Crippen LogP contribution is 2.35. The maximum atomic E-state index is 11.8. The quantitative estimate of drug-likeness (QED) is 0.813. The van der Waals surface area contributed by atoms with Gasteiger partial charge in [0, 0.05) is 11.2 Å². The summed E-state index contributed by atoms with van der Waals surface area (Å²) >= 11 is 8.52. The molecule has 0 amide bonds. The molecule has 2 atom stereocenters. The first-order valence-electron chi connectivity index (χ1n) is 6.68. The summed E-state index contributed by atoms with van der Waals surface area (Å²) in [4.78, 5) is 12.0. The fourth-order valence-corrected chi connectivity index (χ4v) is 3.90. The molecular formula is C14H18O3S3. The van der Waals surface area contributed by atoms with E-state index in [2.05, 4.69) is 23.8 Å². The SMILES string of the molecule is O=C(S)C(CC1CCCC1)c1ccc(S(=O)(O)=S)cc1. The lowest BCUT2D eigenvalue weighted by molar-refractivity contribution is -0.112. The molecule has 1 N–H and O–H groups in total. The zero-order valence-corrected chi connectivity index (χ0v) is 13.6. The molecular weight excluding hydrogens is 312 g/mol. The van der Waals surface area contributed by atoms with Crippen molar-refractivity contribution in [1.82, 2.24) is 0 Å². The van der Waals surface area contributed by atoms with E-state index in [1.807, 2.05) is 0 Å². The standard InChI is InChI=1S/C14H18O3S3/c15-14(18)13(9-10-3-1-2-4-10)11-5-7-12(8-6-11)20(16,17)19/h5-8,10,13H,1-4,9H2,(H,15,18)(H,16,17,19). The molecule has 1 saturated carbocycles. The van der Waals surface area contributed by atoms with Gasteiger partial charge in [-0.1, -0.05) is 37.8 Å². The molecule has 0 aromatic heterocycles. The summed E-state index contributed by atoms with van der Waals surface area (Å²) < 4.78 is 20.7. The third kappa shape index (κ3) is 4.04. The monoisotopic (exact) mass is 330 g/mol. The number of carbonyl (C=O) groups is 1. The molecule has 3 nitrogen and oxygen atoms in total. The second-order valence-electron chi connectivity index (χ2n) is 5.32. The van der Waals surface area contributed by atoms with Gasteiger partial charge in [-0.25, -0.2) is 4.21 Å². The predicted molar refractivity (Wildman–Crippen MR) is 86.2 cm³/mol. The van der Waals surface area contributed by atoms with Crippen LogP contribution in [0.15, 0.2) is 29.2 Å². The number of hydrogen-bond acceptors (Lipinski definition) is 3. The van der Waals surface area contributed by atoms with E-state index in [1.54, 1.807) is 12.1 Å². The highest BCUT2D eigenvalue weighted by Gasteiger charge is 2.25. The van der Waals surface area contributed by atoms with Crippen molar-refractivity contribution in [2.24, 2.45) is 5.92 Å². The van der Waals surface area contributed by atoms with Crippen molar-refractivity contribution in [3.8, 4) is 0 Å². The van der Waals surface area contributed by atoms with Crippen molar-refractivity contribution in [1.29, 1.82) is 0 Å². The molecule has 20 heavy (non-hydrogen) atoms. The van der Waals surface area contributed by atoms with Crippen LogP contribution in [0, 0.1) is 5.92 Å². The largest absolute Gasteiger partial charge is 0.302 e. The van der Waals surface area contributed by atoms with Crippen molar-refractivity contribution in [3.63, 3.8) is 0 Å². The number of carbonyl (C=O) groups excluding carboxylic acids is 1. The molecule has 110 valence electrons. The van der Waals surface area contributed by atoms with Gasteiger partial charge >= 0.3 is 0 Å². The van der Waals surface area contributed by atoms with Crippen LogP contribution in [0.5, 0.6) is 0 Å². The van der Waals surface area contributed by atoms with E-state index in [-0.39, 0.29) is 15.9 Å². The van der Waals surface area contributed by atoms with Gasteiger partial charge in [0.1, 0.15) is 0 Å². The van der Waals surface area contributed by atoms with Crippen LogP contribution in [0.3, 0.4) is 0 Å². The summed E-state index contributed by atoms with van der Waals surface area (Å²) in [5.41, 5.74) is 0.847. The lowest BCUT2D eigenvalue weighted by Crippen LogP contribution is -2.11. The lowest BCUT2D eigenvalue weighted by Gasteiger charge is -2.18. The van der Waals surface area contributed by atoms with E-state index in [4.69, 9.17) is 0 Å². The van der Waals surface area contributed by atoms with Crippen LogP contribution in [-0.2, 0) is 24.8 Å². The van der Waals surface area contributed by atoms with E-state index < -0.39 is 8.77 Å². The van der Waals surface area contributed by atoms with Crippen LogP contribution in [0.1, 0.15) is 43.6 Å². The molecule has 0 radical (unpaired) electrons. The van der Waals surface area contributed by atoms with Gasteiger partial charge in [0.15, 0.2) is 13.9 Å². The van der Waals surface area contributed by atoms with Crippen LogP contribution >= 0.6 is 12.6 Å². The van der Waals surface area contributed by atoms with E-state index in [0.29, 0.717) is 5.92 Å². The first-order valence-corrected chi connectivity index (χ1v) is 9.57. The maximum Gasteiger partial charge on any atom is 0.193 e. The highest BCUT2D eigenvalue weighted by atomic mass is 32.8. The molecule has 1 aliphatic rings. The Bertz CT molecular complexity index is 572. The van der Waals surface area contributed by atoms with Gasteiger partial charge in [0.25, 0.3) is 0 Å². The van der Waals surface area contributed by atoms with Crippen LogP contribution in [0.2, 0.25) is 0 Å². The van der Waals surface area contributed by atoms with E-state index in [0.717, 1.165) is 12.0 Å². The molecule has 0 saturated heterocycles. The molecule has 1 aromatic carbocycles. The molecule has 6 heteroatoms. The van der Waals surface area contributed by atoms with Gasteiger partial charge in [-0.05, 0) is 30.0 Å². The van der Waals surface area contributed by atoms with Crippen LogP contribution in [0.25, 0.3) is 0 Å². The summed E-state index contributed by atoms with van der Waals surface area (Å²) in [6, 6.07) is 6.49. The van der Waals surface area contributed by atoms with Crippen LogP contribution in [0.4, 0.5) is 0 Å². The number of benzene rings is 1. The Morgan fingerprint density at radius 1 is 1.35 bits per heavy atom. The summed E-state index contributed by atoms with van der Waals surface area (Å²) in [6.45, 7) is 0. The van der Waals surface area contributed by atoms with Gasteiger partial charge in [-0.15, -0.1) is 12.6 Å². The smallest absolute Gasteiger partial charge is 0.193 e.